The normalized spacial score (nSPS) is 32.7. The van der Waals surface area contributed by atoms with E-state index in [-0.39, 0.29) is 17.0 Å². The van der Waals surface area contributed by atoms with E-state index < -0.39 is 11.3 Å². The first-order chi connectivity index (χ1) is 12.7. The van der Waals surface area contributed by atoms with Gasteiger partial charge in [0.25, 0.3) is 5.91 Å². The molecule has 2 aliphatic heterocycles. The molecule has 1 N–H and O–H groups in total. The van der Waals surface area contributed by atoms with Crippen LogP contribution in [0.5, 0.6) is 0 Å². The van der Waals surface area contributed by atoms with E-state index in [1.807, 2.05) is 0 Å². The molecule has 4 fully saturated rings. The molecule has 0 aromatic rings. The third-order valence-electron chi connectivity index (χ3n) is 7.15. The Kier molecular flexibility index (Phi) is 4.88. The van der Waals surface area contributed by atoms with Crippen molar-refractivity contribution in [2.45, 2.75) is 133 Å². The fraction of sp³-hybridized carbons (Fsp3) is 0.955. The van der Waals surface area contributed by atoms with Gasteiger partial charge in [0, 0.05) is 23.9 Å². The Labute approximate surface area is 164 Å². The summed E-state index contributed by atoms with van der Waals surface area (Å²) in [5.74, 6) is 0.121. The molecule has 4 aliphatic rings. The van der Waals surface area contributed by atoms with Gasteiger partial charge in [-0.15, -0.1) is 0 Å². The van der Waals surface area contributed by atoms with E-state index in [9.17, 15) is 4.79 Å². The molecule has 4 rings (SSSR count). The number of ether oxygens (including phenoxy) is 1. The Morgan fingerprint density at radius 3 is 2.07 bits per heavy atom. The van der Waals surface area contributed by atoms with Crippen LogP contribution in [-0.2, 0) is 14.4 Å². The third kappa shape index (κ3) is 3.56. The molecule has 0 atom stereocenters. The van der Waals surface area contributed by atoms with E-state index in [0.29, 0.717) is 6.10 Å². The zero-order valence-electron chi connectivity index (χ0n) is 17.7. The number of hydrogen-bond donors (Lipinski definition) is 1. The number of hydroxylamine groups is 2. The summed E-state index contributed by atoms with van der Waals surface area (Å²) >= 11 is 0. The maximum Gasteiger partial charge on any atom is 0.254 e. The van der Waals surface area contributed by atoms with Crippen molar-refractivity contribution in [3.8, 4) is 0 Å². The molecule has 0 unspecified atom stereocenters. The molecule has 2 spiro atoms. The number of nitrogens with one attached hydrogen (secondary N) is 1. The predicted octanol–water partition coefficient (Wildman–Crippen LogP) is 4.45. The third-order valence-corrected chi connectivity index (χ3v) is 7.15. The highest BCUT2D eigenvalue weighted by Gasteiger charge is 2.63. The molecule has 0 bridgehead atoms. The smallest absolute Gasteiger partial charge is 0.254 e. The first kappa shape index (κ1) is 19.7. The second-order valence-corrected chi connectivity index (χ2v) is 10.7. The minimum absolute atomic E-state index is 0.121. The summed E-state index contributed by atoms with van der Waals surface area (Å²) in [6.45, 7) is 8.94. The van der Waals surface area contributed by atoms with E-state index in [4.69, 9.17) is 9.57 Å². The van der Waals surface area contributed by atoms with Crippen molar-refractivity contribution >= 4 is 5.91 Å². The van der Waals surface area contributed by atoms with Crippen LogP contribution >= 0.6 is 0 Å². The summed E-state index contributed by atoms with van der Waals surface area (Å²) in [6.07, 6.45) is 13.2. The number of carbonyl (C=O) groups is 1. The van der Waals surface area contributed by atoms with E-state index >= 15 is 0 Å². The Morgan fingerprint density at radius 1 is 0.926 bits per heavy atom. The Balaban J connectivity index is 1.54. The minimum Gasteiger partial charge on any atom is -0.339 e. The van der Waals surface area contributed by atoms with Gasteiger partial charge >= 0.3 is 0 Å². The number of nitrogens with zero attached hydrogens (tertiary/aromatic N) is 1. The van der Waals surface area contributed by atoms with Crippen LogP contribution in [0.1, 0.15) is 105 Å². The monoisotopic (exact) mass is 378 g/mol. The highest BCUT2D eigenvalue weighted by atomic mass is 16.7. The Bertz CT molecular complexity index is 556. The van der Waals surface area contributed by atoms with Gasteiger partial charge in [-0.3, -0.25) is 9.63 Å². The van der Waals surface area contributed by atoms with Crippen LogP contribution in [-0.4, -0.2) is 39.5 Å². The van der Waals surface area contributed by atoms with E-state index in [2.05, 4.69) is 38.1 Å². The Morgan fingerprint density at radius 2 is 1.48 bits per heavy atom. The highest BCUT2D eigenvalue weighted by molar-refractivity contribution is 5.87. The summed E-state index contributed by atoms with van der Waals surface area (Å²) in [7, 11) is 0. The molecule has 2 aliphatic carbocycles. The molecule has 1 amide bonds. The second-order valence-electron chi connectivity index (χ2n) is 10.7. The summed E-state index contributed by atoms with van der Waals surface area (Å²) in [5, 5.41) is 5.56. The van der Waals surface area contributed by atoms with Crippen molar-refractivity contribution in [2.24, 2.45) is 0 Å². The lowest BCUT2D eigenvalue weighted by Crippen LogP contribution is -2.68. The maximum atomic E-state index is 13.0. The quantitative estimate of drug-likeness (QED) is 0.771. The van der Waals surface area contributed by atoms with E-state index in [1.165, 1.54) is 25.7 Å². The maximum absolute atomic E-state index is 13.0. The van der Waals surface area contributed by atoms with Gasteiger partial charge in [0.2, 0.25) is 0 Å². The van der Waals surface area contributed by atoms with Gasteiger partial charge in [0.1, 0.15) is 11.3 Å². The average molecular weight is 379 g/mol. The van der Waals surface area contributed by atoms with Crippen molar-refractivity contribution < 1.29 is 14.4 Å². The lowest BCUT2D eigenvalue weighted by atomic mass is 9.76. The summed E-state index contributed by atoms with van der Waals surface area (Å²) in [6, 6.07) is 0. The van der Waals surface area contributed by atoms with Gasteiger partial charge in [-0.25, -0.2) is 0 Å². The molecule has 27 heavy (non-hydrogen) atoms. The molecule has 5 heteroatoms. The van der Waals surface area contributed by atoms with Crippen molar-refractivity contribution in [1.82, 2.24) is 10.4 Å². The van der Waals surface area contributed by atoms with Gasteiger partial charge in [-0.2, -0.15) is 5.06 Å². The number of rotatable bonds is 2. The molecule has 2 heterocycles. The van der Waals surface area contributed by atoms with Gasteiger partial charge in [0.15, 0.2) is 0 Å². The summed E-state index contributed by atoms with van der Waals surface area (Å²) in [5.41, 5.74) is -1.55. The minimum atomic E-state index is -0.587. The lowest BCUT2D eigenvalue weighted by molar-refractivity contribution is -0.335. The van der Waals surface area contributed by atoms with Gasteiger partial charge < -0.3 is 10.1 Å². The zero-order chi connectivity index (χ0) is 19.3. The van der Waals surface area contributed by atoms with Gasteiger partial charge in [0.05, 0.1) is 6.10 Å². The first-order valence-electron chi connectivity index (χ1n) is 11.2. The topological polar surface area (TPSA) is 50.8 Å². The van der Waals surface area contributed by atoms with Crippen molar-refractivity contribution in [2.75, 3.05) is 0 Å². The fourth-order valence-corrected chi connectivity index (χ4v) is 6.41. The summed E-state index contributed by atoms with van der Waals surface area (Å²) in [4.78, 5) is 19.6. The lowest BCUT2D eigenvalue weighted by Gasteiger charge is -2.57. The molecule has 5 nitrogen and oxygen atoms in total. The SMILES string of the molecule is CC1(C)CC2(CC(C)(C)N1OC1CCCCC1)NC(=O)C1(CCCCC1)O2. The van der Waals surface area contributed by atoms with Crippen LogP contribution in [0.15, 0.2) is 0 Å². The van der Waals surface area contributed by atoms with Crippen molar-refractivity contribution in [3.05, 3.63) is 0 Å². The fourth-order valence-electron chi connectivity index (χ4n) is 6.41. The standard InChI is InChI=1S/C22H38N2O3/c1-19(2)15-22(23-18(25)21(27-22)13-9-6-10-14-21)16-20(3,4)24(19)26-17-11-7-5-8-12-17/h17H,5-16H2,1-4H3,(H,23,25). The number of piperidine rings is 1. The van der Waals surface area contributed by atoms with Crippen molar-refractivity contribution in [3.63, 3.8) is 0 Å². The number of amides is 1. The largest absolute Gasteiger partial charge is 0.339 e. The van der Waals surface area contributed by atoms with Crippen LogP contribution in [0.3, 0.4) is 0 Å². The molecular weight excluding hydrogens is 340 g/mol. The van der Waals surface area contributed by atoms with Crippen molar-refractivity contribution in [1.29, 1.82) is 0 Å². The van der Waals surface area contributed by atoms with Crippen LogP contribution in [0.25, 0.3) is 0 Å². The van der Waals surface area contributed by atoms with Gasteiger partial charge in [-0.1, -0.05) is 38.5 Å². The molecule has 0 aromatic heterocycles. The molecular formula is C22H38N2O3. The average Bonchev–Trinajstić information content (AvgIpc) is 2.82. The van der Waals surface area contributed by atoms with Crippen LogP contribution in [0.2, 0.25) is 0 Å². The molecule has 2 saturated carbocycles. The Hall–Kier alpha value is -0.650. The van der Waals surface area contributed by atoms with E-state index in [1.54, 1.807) is 0 Å². The summed E-state index contributed by atoms with van der Waals surface area (Å²) < 4.78 is 6.70. The zero-order valence-corrected chi connectivity index (χ0v) is 17.7. The van der Waals surface area contributed by atoms with Crippen LogP contribution in [0, 0.1) is 0 Å². The number of carbonyl (C=O) groups excluding carboxylic acids is 1. The number of hydrogen-bond acceptors (Lipinski definition) is 4. The highest BCUT2D eigenvalue weighted by Crippen LogP contribution is 2.51. The molecule has 2 saturated heterocycles. The molecule has 0 radical (unpaired) electrons. The second kappa shape index (κ2) is 6.70. The predicted molar refractivity (Wildman–Crippen MR) is 105 cm³/mol. The first-order valence-corrected chi connectivity index (χ1v) is 11.2. The van der Waals surface area contributed by atoms with E-state index in [0.717, 1.165) is 51.4 Å². The van der Waals surface area contributed by atoms with Crippen LogP contribution < -0.4 is 5.32 Å². The van der Waals surface area contributed by atoms with Gasteiger partial charge in [-0.05, 0) is 53.4 Å². The molecule has 154 valence electrons. The molecule has 0 aromatic carbocycles. The van der Waals surface area contributed by atoms with Crippen LogP contribution in [0.4, 0.5) is 0 Å².